The molecule has 5 nitrogen and oxygen atoms in total. The molecule has 0 atom stereocenters. The highest BCUT2D eigenvalue weighted by atomic mass is 19.4. The lowest BCUT2D eigenvalue weighted by Crippen LogP contribution is -2.40. The van der Waals surface area contributed by atoms with Crippen LogP contribution in [0.5, 0.6) is 0 Å². The zero-order valence-electron chi connectivity index (χ0n) is 19.9. The number of anilines is 1. The number of halogens is 3. The Morgan fingerprint density at radius 1 is 1.06 bits per heavy atom. The number of fused-ring (bicyclic) bond motifs is 2. The number of benzene rings is 1. The monoisotopic (exact) mass is 471 g/mol. The smallest absolute Gasteiger partial charge is 0.367 e. The predicted octanol–water partition coefficient (Wildman–Crippen LogP) is 4.74. The number of allylic oxidation sites excluding steroid dienone is 1. The van der Waals surface area contributed by atoms with Gasteiger partial charge >= 0.3 is 6.18 Å². The standard InChI is InChI=1S/C26H32F3N5/c1-17-11-19-3-4-20(18(2)22(19)12-17)13-33-8-5-21(6-9-33)32-25-23-14-34(15-26(27,28)29)10-7-24(23)30-16-31-25/h3-4,12,16,21H,5-11,13-15H2,1-2H3,(H,30,31,32). The number of nitrogens with one attached hydrogen (secondary N) is 1. The molecule has 0 saturated carbocycles. The Hall–Kier alpha value is -2.45. The van der Waals surface area contributed by atoms with Crippen molar-refractivity contribution in [3.8, 4) is 0 Å². The van der Waals surface area contributed by atoms with Gasteiger partial charge in [-0.05, 0) is 55.4 Å². The van der Waals surface area contributed by atoms with Crippen LogP contribution in [0.2, 0.25) is 0 Å². The van der Waals surface area contributed by atoms with Gasteiger partial charge in [-0.1, -0.05) is 23.8 Å². The highest BCUT2D eigenvalue weighted by Gasteiger charge is 2.33. The summed E-state index contributed by atoms with van der Waals surface area (Å²) in [4.78, 5) is 12.7. The second-order valence-corrected chi connectivity index (χ2v) is 10.0. The molecule has 8 heteroatoms. The third-order valence-corrected chi connectivity index (χ3v) is 7.38. The summed E-state index contributed by atoms with van der Waals surface area (Å²) in [6.45, 7) is 7.07. The minimum atomic E-state index is -4.19. The van der Waals surface area contributed by atoms with Gasteiger partial charge in [0.2, 0.25) is 0 Å². The summed E-state index contributed by atoms with van der Waals surface area (Å²) < 4.78 is 38.7. The first-order valence-electron chi connectivity index (χ1n) is 12.1. The van der Waals surface area contributed by atoms with Gasteiger partial charge < -0.3 is 5.32 Å². The summed E-state index contributed by atoms with van der Waals surface area (Å²) in [5.74, 6) is 0.701. The molecular weight excluding hydrogens is 439 g/mol. The summed E-state index contributed by atoms with van der Waals surface area (Å²) in [5.41, 5.74) is 8.73. The van der Waals surface area contributed by atoms with E-state index in [0.29, 0.717) is 18.8 Å². The highest BCUT2D eigenvalue weighted by Crippen LogP contribution is 2.31. The van der Waals surface area contributed by atoms with Gasteiger partial charge in [0.1, 0.15) is 12.1 Å². The molecular formula is C26H32F3N5. The third kappa shape index (κ3) is 5.13. The molecule has 182 valence electrons. The van der Waals surface area contributed by atoms with Gasteiger partial charge in [0.05, 0.1) is 12.2 Å². The van der Waals surface area contributed by atoms with Gasteiger partial charge in [0.25, 0.3) is 0 Å². The molecule has 0 bridgehead atoms. The first-order valence-corrected chi connectivity index (χ1v) is 12.1. The maximum atomic E-state index is 12.9. The molecule has 1 aliphatic carbocycles. The summed E-state index contributed by atoms with van der Waals surface area (Å²) in [6.07, 6.45) is 3.21. The van der Waals surface area contributed by atoms with Crippen molar-refractivity contribution in [3.05, 3.63) is 57.5 Å². The molecule has 1 saturated heterocycles. The van der Waals surface area contributed by atoms with Gasteiger partial charge in [0, 0.05) is 50.7 Å². The second-order valence-electron chi connectivity index (χ2n) is 10.0. The topological polar surface area (TPSA) is 44.3 Å². The molecule has 2 aliphatic heterocycles. The highest BCUT2D eigenvalue weighted by molar-refractivity contribution is 5.67. The average molecular weight is 472 g/mol. The van der Waals surface area contributed by atoms with E-state index in [1.54, 1.807) is 0 Å². The van der Waals surface area contributed by atoms with Gasteiger partial charge in [-0.3, -0.25) is 9.80 Å². The first kappa shape index (κ1) is 23.3. The number of hydrogen-bond acceptors (Lipinski definition) is 5. The van der Waals surface area contributed by atoms with Crippen LogP contribution in [0.15, 0.2) is 24.0 Å². The van der Waals surface area contributed by atoms with Crippen LogP contribution in [-0.4, -0.2) is 58.2 Å². The minimum absolute atomic E-state index is 0.238. The molecule has 0 radical (unpaired) electrons. The number of nitrogens with zero attached hydrogens (tertiary/aromatic N) is 4. The second kappa shape index (κ2) is 9.30. The number of hydrogen-bond donors (Lipinski definition) is 1. The first-order chi connectivity index (χ1) is 16.2. The Labute approximate surface area is 199 Å². The van der Waals surface area contributed by atoms with Crippen molar-refractivity contribution >= 4 is 11.9 Å². The van der Waals surface area contributed by atoms with E-state index >= 15 is 0 Å². The molecule has 1 N–H and O–H groups in total. The van der Waals surface area contributed by atoms with Crippen LogP contribution in [0.25, 0.3) is 6.08 Å². The zero-order valence-corrected chi connectivity index (χ0v) is 19.9. The summed E-state index contributed by atoms with van der Waals surface area (Å²) >= 11 is 0. The van der Waals surface area contributed by atoms with Crippen LogP contribution >= 0.6 is 0 Å². The van der Waals surface area contributed by atoms with Crippen LogP contribution in [0.4, 0.5) is 19.0 Å². The van der Waals surface area contributed by atoms with Crippen molar-refractivity contribution in [1.29, 1.82) is 0 Å². The SMILES string of the molecule is CC1=Cc2c(ccc(CN3CCC(Nc4ncnc5c4CN(CC(F)(F)F)CC5)CC3)c2C)C1. The Morgan fingerprint density at radius 3 is 2.62 bits per heavy atom. The van der Waals surface area contributed by atoms with E-state index in [0.717, 1.165) is 50.2 Å². The van der Waals surface area contributed by atoms with Crippen LogP contribution in [0.3, 0.4) is 0 Å². The van der Waals surface area contributed by atoms with Gasteiger partial charge in [-0.15, -0.1) is 0 Å². The van der Waals surface area contributed by atoms with Crippen LogP contribution < -0.4 is 5.32 Å². The summed E-state index contributed by atoms with van der Waals surface area (Å²) in [7, 11) is 0. The van der Waals surface area contributed by atoms with Crippen molar-refractivity contribution in [2.45, 2.75) is 64.8 Å². The van der Waals surface area contributed by atoms with E-state index < -0.39 is 12.7 Å². The number of aromatic nitrogens is 2. The van der Waals surface area contributed by atoms with Crippen molar-refractivity contribution < 1.29 is 13.2 Å². The van der Waals surface area contributed by atoms with E-state index in [2.05, 4.69) is 52.2 Å². The van der Waals surface area contributed by atoms with Crippen LogP contribution in [0, 0.1) is 6.92 Å². The summed E-state index contributed by atoms with van der Waals surface area (Å²) in [6, 6.07) is 4.82. The van der Waals surface area contributed by atoms with Gasteiger partial charge in [0.15, 0.2) is 0 Å². The lowest BCUT2D eigenvalue weighted by molar-refractivity contribution is -0.147. The van der Waals surface area contributed by atoms with Gasteiger partial charge in [-0.2, -0.15) is 13.2 Å². The summed E-state index contributed by atoms with van der Waals surface area (Å²) in [5, 5.41) is 3.53. The Morgan fingerprint density at radius 2 is 1.85 bits per heavy atom. The number of piperidine rings is 1. The molecule has 1 aromatic heterocycles. The average Bonchev–Trinajstić information content (AvgIpc) is 3.17. The maximum Gasteiger partial charge on any atom is 0.401 e. The van der Waals surface area contributed by atoms with Crippen molar-refractivity contribution in [3.63, 3.8) is 0 Å². The zero-order chi connectivity index (χ0) is 23.9. The van der Waals surface area contributed by atoms with Crippen molar-refractivity contribution in [2.24, 2.45) is 0 Å². The van der Waals surface area contributed by atoms with E-state index in [1.807, 2.05) is 0 Å². The Bertz CT molecular complexity index is 1090. The molecule has 1 aromatic carbocycles. The van der Waals surface area contributed by atoms with Gasteiger partial charge in [-0.25, -0.2) is 9.97 Å². The molecule has 5 rings (SSSR count). The fourth-order valence-electron chi connectivity index (χ4n) is 5.53. The van der Waals surface area contributed by atoms with E-state index in [9.17, 15) is 13.2 Å². The molecule has 0 unspecified atom stereocenters. The minimum Gasteiger partial charge on any atom is -0.367 e. The lowest BCUT2D eigenvalue weighted by atomic mass is 9.97. The van der Waals surface area contributed by atoms with E-state index in [1.165, 1.54) is 39.1 Å². The molecule has 1 fully saturated rings. The maximum absolute atomic E-state index is 12.9. The Kier molecular flexibility index (Phi) is 6.37. The molecule has 34 heavy (non-hydrogen) atoms. The van der Waals surface area contributed by atoms with Crippen LogP contribution in [0.1, 0.15) is 53.3 Å². The third-order valence-electron chi connectivity index (χ3n) is 7.38. The quantitative estimate of drug-likeness (QED) is 0.683. The van der Waals surface area contributed by atoms with E-state index in [-0.39, 0.29) is 12.6 Å². The normalized spacial score (nSPS) is 19.6. The Balaban J connectivity index is 1.19. The van der Waals surface area contributed by atoms with E-state index in [4.69, 9.17) is 0 Å². The largest absolute Gasteiger partial charge is 0.401 e. The molecule has 0 spiro atoms. The fraction of sp³-hybridized carbons (Fsp3) is 0.538. The molecule has 3 heterocycles. The molecule has 3 aliphatic rings. The lowest BCUT2D eigenvalue weighted by Gasteiger charge is -2.34. The number of rotatable bonds is 5. The molecule has 2 aromatic rings. The van der Waals surface area contributed by atoms with Crippen molar-refractivity contribution in [1.82, 2.24) is 19.8 Å². The predicted molar refractivity (Wildman–Crippen MR) is 128 cm³/mol. The number of alkyl halides is 3. The van der Waals surface area contributed by atoms with Crippen LogP contribution in [-0.2, 0) is 25.9 Å². The fourth-order valence-corrected chi connectivity index (χ4v) is 5.53. The van der Waals surface area contributed by atoms with Crippen molar-refractivity contribution in [2.75, 3.05) is 31.5 Å². The number of likely N-dealkylation sites (tertiary alicyclic amines) is 1. The molecule has 0 amide bonds.